The van der Waals surface area contributed by atoms with Crippen molar-refractivity contribution < 1.29 is 33.8 Å². The molecule has 17 heteroatoms. The van der Waals surface area contributed by atoms with Gasteiger partial charge in [0.15, 0.2) is 0 Å². The van der Waals surface area contributed by atoms with Crippen molar-refractivity contribution in [3.8, 4) is 22.5 Å². The van der Waals surface area contributed by atoms with Crippen LogP contribution in [0, 0.1) is 98.6 Å². The minimum absolute atomic E-state index is 0.00156. The van der Waals surface area contributed by atoms with Gasteiger partial charge in [-0.3, -0.25) is 19.2 Å². The average Bonchev–Trinajstić information content (AvgIpc) is 1.42. The minimum atomic E-state index is -0.684. The molecule has 2 aromatic carbocycles. The van der Waals surface area contributed by atoms with Gasteiger partial charge in [-0.05, 0) is 244 Å². The zero-order valence-electron chi connectivity index (χ0n) is 55.8. The molecule has 494 valence electrons. The van der Waals surface area contributed by atoms with Gasteiger partial charge < -0.3 is 24.5 Å². The summed E-state index contributed by atoms with van der Waals surface area (Å²) in [6.07, 6.45) is 26.8. The van der Waals surface area contributed by atoms with E-state index in [0.29, 0.717) is 89.1 Å². The summed E-state index contributed by atoms with van der Waals surface area (Å²) < 4.78 is 18.1. The summed E-state index contributed by atoms with van der Waals surface area (Å²) in [6, 6.07) is 12.6. The normalized spacial score (nSPS) is 35.5. The Bertz CT molecular complexity index is 3490. The van der Waals surface area contributed by atoms with Gasteiger partial charge in [-0.1, -0.05) is 96.5 Å². The molecule has 8 saturated carbocycles. The number of benzene rings is 2. The fraction of sp³-hybridized carbons (Fsp3) is 0.730. The number of amides is 1. The number of ether oxygens (including phenoxy) is 2. The quantitative estimate of drug-likeness (QED) is 0.0337. The Morgan fingerprint density at radius 2 is 1.21 bits per heavy atom. The first kappa shape index (κ1) is 64.4. The van der Waals surface area contributed by atoms with E-state index >= 15 is 0 Å². The van der Waals surface area contributed by atoms with Gasteiger partial charge >= 0.3 is 17.9 Å². The molecule has 8 aliphatic rings. The molecule has 3 heterocycles. The Labute approximate surface area is 544 Å². The second-order valence-electron chi connectivity index (χ2n) is 32.0. The molecule has 3 aromatic heterocycles. The molecule has 19 atom stereocenters. The highest BCUT2D eigenvalue weighted by molar-refractivity contribution is 6.13. The van der Waals surface area contributed by atoms with E-state index in [9.17, 15) is 24.3 Å². The van der Waals surface area contributed by atoms with Gasteiger partial charge in [-0.15, -0.1) is 10.2 Å². The first-order chi connectivity index (χ1) is 43.7. The van der Waals surface area contributed by atoms with Crippen LogP contribution < -0.4 is 10.2 Å². The van der Waals surface area contributed by atoms with E-state index < -0.39 is 5.97 Å². The predicted octanol–water partition coefficient (Wildman–Crippen LogP) is 14.9. The molecule has 0 aliphatic heterocycles. The van der Waals surface area contributed by atoms with Crippen LogP contribution in [0.3, 0.4) is 0 Å². The number of hydrogen-bond acceptors (Lipinski definition) is 11. The topological polar surface area (TPSA) is 197 Å². The zero-order valence-corrected chi connectivity index (χ0v) is 56.5. The van der Waals surface area contributed by atoms with E-state index in [1.807, 2.05) is 12.4 Å². The van der Waals surface area contributed by atoms with Gasteiger partial charge in [0, 0.05) is 65.4 Å². The lowest BCUT2D eigenvalue weighted by Crippen LogP contribution is -2.62. The minimum Gasteiger partial charge on any atom is -0.481 e. The van der Waals surface area contributed by atoms with E-state index in [1.54, 1.807) is 9.36 Å². The second-order valence-corrected chi connectivity index (χ2v) is 32.2. The summed E-state index contributed by atoms with van der Waals surface area (Å²) >= 11 is 6.11. The lowest BCUT2D eigenvalue weighted by Gasteiger charge is -2.69. The van der Waals surface area contributed by atoms with Crippen molar-refractivity contribution in [1.29, 1.82) is 0 Å². The molecule has 0 spiro atoms. The number of fused-ring (bicyclic) bond motifs is 13. The van der Waals surface area contributed by atoms with Crippen LogP contribution in [-0.4, -0.2) is 88.8 Å². The molecule has 3 N–H and O–H groups in total. The second kappa shape index (κ2) is 25.8. The van der Waals surface area contributed by atoms with Gasteiger partial charge in [0.1, 0.15) is 36.7 Å². The van der Waals surface area contributed by atoms with Crippen molar-refractivity contribution in [1.82, 2.24) is 44.7 Å². The monoisotopic (exact) mass is 1270 g/mol. The number of carboxylic acids is 1. The Balaban J connectivity index is 0.604. The molecule has 13 rings (SSSR count). The highest BCUT2D eigenvalue weighted by Gasteiger charge is 2.65. The first-order valence-corrected chi connectivity index (χ1v) is 36.2. The van der Waals surface area contributed by atoms with Crippen LogP contribution in [-0.2, 0) is 48.3 Å². The zero-order chi connectivity index (χ0) is 63.7. The predicted molar refractivity (Wildman–Crippen MR) is 354 cm³/mol. The van der Waals surface area contributed by atoms with Crippen LogP contribution in [0.5, 0.6) is 0 Å². The third-order valence-corrected chi connectivity index (χ3v) is 27.7. The number of carboxylic acid groups (broad SMARTS) is 1. The lowest BCUT2D eigenvalue weighted by atomic mass is 9.36. The van der Waals surface area contributed by atoms with Crippen LogP contribution in [0.4, 0.5) is 0 Å². The average molecular weight is 1270 g/mol. The molecule has 16 nitrogen and oxygen atoms in total. The van der Waals surface area contributed by atoms with Gasteiger partial charge in [0.2, 0.25) is 5.91 Å². The maximum atomic E-state index is 13.7. The van der Waals surface area contributed by atoms with E-state index in [2.05, 4.69) is 127 Å². The number of aliphatic carboxylic acids is 1. The van der Waals surface area contributed by atoms with Gasteiger partial charge in [-0.2, -0.15) is 0 Å². The number of esters is 2. The number of halogens is 1. The van der Waals surface area contributed by atoms with E-state index in [4.69, 9.17) is 21.3 Å². The standard InChI is InChI=1S/C74H104ClN9O7/c1-9-10-31-76-67(85)21-11-44(2)56-19-20-57-54-18-15-49-37-50(23-27-71(49,5)58(54)25-29-72(56,57)6)90-69(88)42-82-40-63(78-80-82)47-13-16-52-53-17-14-48(36-66(53)84(33-32-77-75)65(52)35-47)64-41-83(81-79-64)43-70(89)91-51-24-28-73(7)59-26-30-74(8)61(45(3)12-22-68(86)87)39-62(74)55(59)34-46(4)60(73)38-51/h13-14,16-17,35-36,40-41,44-46,49-51,54-62,77H,9-12,15,18-34,37-39,42-43H2,1-8H3,(H,76,85)(H,86,87)/t44-,45-,46+,49?,50?,51?,54?,55-,56?,57?,58?,59?,60+,61?,62+,71?,72?,73?,74?/m1/s1. The molecule has 5 aromatic rings. The number of nitrogens with zero attached hydrogens (tertiary/aromatic N) is 7. The molecular weight excluding hydrogens is 1160 g/mol. The SMILES string of the molecule is CCCCNC(=O)CC[C@@H](C)C1CCC2C3CCC4CC(OC(=O)Cn5cc(-c6ccc7c8ccc(-c9cn(CC(=O)OC%10CCC%11(C)C%12CCC%13(C)C([C@H](C)CCC(=O)O)C[C@H]%13[C@@H]%12C[C@H](C)[C@@H]%11C%10)nn9)cc8n(CCNCl)c7c6)nn5)CCC4(C)C3CCC21C. The number of carbonyl (C=O) groups is 4. The van der Waals surface area contributed by atoms with Crippen LogP contribution in [0.2, 0.25) is 0 Å². The number of unbranched alkanes of at least 4 members (excludes halogenated alkanes) is 1. The summed E-state index contributed by atoms with van der Waals surface area (Å²) in [6.45, 7) is 21.5. The smallest absolute Gasteiger partial charge is 0.328 e. The highest BCUT2D eigenvalue weighted by Crippen LogP contribution is 2.72. The van der Waals surface area contributed by atoms with Gasteiger partial charge in [-0.25, -0.2) is 14.2 Å². The molecule has 1 amide bonds. The Kier molecular flexibility index (Phi) is 18.2. The number of rotatable bonds is 22. The van der Waals surface area contributed by atoms with Crippen LogP contribution >= 0.6 is 11.8 Å². The highest BCUT2D eigenvalue weighted by atomic mass is 35.5. The third-order valence-electron chi connectivity index (χ3n) is 27.5. The molecule has 0 bridgehead atoms. The largest absolute Gasteiger partial charge is 0.481 e. The maximum Gasteiger partial charge on any atom is 0.328 e. The van der Waals surface area contributed by atoms with Crippen LogP contribution in [0.1, 0.15) is 197 Å². The van der Waals surface area contributed by atoms with Crippen molar-refractivity contribution in [3.63, 3.8) is 0 Å². The fourth-order valence-electron chi connectivity index (χ4n) is 22.8. The molecule has 91 heavy (non-hydrogen) atoms. The van der Waals surface area contributed by atoms with Crippen molar-refractivity contribution in [2.45, 2.75) is 228 Å². The molecule has 13 unspecified atom stereocenters. The van der Waals surface area contributed by atoms with Crippen LogP contribution in [0.15, 0.2) is 48.8 Å². The Morgan fingerprint density at radius 3 is 1.84 bits per heavy atom. The number of aromatic nitrogens is 7. The third kappa shape index (κ3) is 12.0. The number of nitrogens with one attached hydrogen (secondary N) is 2. The fourth-order valence-corrected chi connectivity index (χ4v) is 22.8. The summed E-state index contributed by atoms with van der Waals surface area (Å²) in [7, 11) is 0. The molecule has 8 aliphatic carbocycles. The maximum absolute atomic E-state index is 13.7. The molecule has 0 saturated heterocycles. The summed E-state index contributed by atoms with van der Waals surface area (Å²) in [5.74, 6) is 7.35. The van der Waals surface area contributed by atoms with Crippen molar-refractivity contribution >= 4 is 57.4 Å². The van der Waals surface area contributed by atoms with Crippen LogP contribution in [0.25, 0.3) is 44.3 Å². The number of carbonyl (C=O) groups excluding carboxylic acids is 3. The molecule has 0 radical (unpaired) electrons. The lowest BCUT2D eigenvalue weighted by molar-refractivity contribution is -0.211. The van der Waals surface area contributed by atoms with E-state index in [1.165, 1.54) is 64.2 Å². The summed E-state index contributed by atoms with van der Waals surface area (Å²) in [5.41, 5.74) is 6.30. The van der Waals surface area contributed by atoms with Gasteiger partial charge in [0.05, 0.1) is 12.4 Å². The Hall–Kier alpha value is -5.35. The Morgan fingerprint density at radius 1 is 0.637 bits per heavy atom. The van der Waals surface area contributed by atoms with Crippen molar-refractivity contribution in [2.24, 2.45) is 98.6 Å². The van der Waals surface area contributed by atoms with E-state index in [-0.39, 0.29) is 60.4 Å². The van der Waals surface area contributed by atoms with Crippen molar-refractivity contribution in [3.05, 3.63) is 48.8 Å². The van der Waals surface area contributed by atoms with Crippen molar-refractivity contribution in [2.75, 3.05) is 13.1 Å². The van der Waals surface area contributed by atoms with E-state index in [0.717, 1.165) is 133 Å². The summed E-state index contributed by atoms with van der Waals surface area (Å²) in [5, 5.41) is 32.6. The number of hydrogen-bond donors (Lipinski definition) is 3. The molecular formula is C74H104ClN9O7. The first-order valence-electron chi connectivity index (χ1n) is 35.8. The molecule has 8 fully saturated rings. The van der Waals surface area contributed by atoms with Gasteiger partial charge in [0.25, 0.3) is 0 Å². The summed E-state index contributed by atoms with van der Waals surface area (Å²) in [4.78, 5) is 54.3.